The van der Waals surface area contributed by atoms with Crippen LogP contribution in [0.5, 0.6) is 0 Å². The van der Waals surface area contributed by atoms with Crippen LogP contribution in [0, 0.1) is 0 Å². The van der Waals surface area contributed by atoms with Crippen molar-refractivity contribution in [3.05, 3.63) is 0 Å². The third kappa shape index (κ3) is 2440. The Morgan fingerprint density at radius 3 is 0.500 bits per heavy atom. The molecule has 0 rings (SSSR count). The van der Waals surface area contributed by atoms with Gasteiger partial charge in [-0.15, -0.1) is 0 Å². The van der Waals surface area contributed by atoms with Crippen molar-refractivity contribution in [2.24, 2.45) is 0 Å². The number of hydrogen-bond acceptors (Lipinski definition) is 9. The minimum absolute atomic E-state index is 0. The molecule has 0 heterocycles. The van der Waals surface area contributed by atoms with Crippen LogP contribution in [0.1, 0.15) is 0 Å². The Hall–Kier alpha value is 1.11. The van der Waals surface area contributed by atoms with Crippen LogP contribution in [0.25, 0.3) is 0 Å². The molecule has 0 aliphatic carbocycles. The molecule has 0 aliphatic rings. The van der Waals surface area contributed by atoms with E-state index in [1.54, 1.807) is 0 Å². The molecule has 16 heteroatoms. The molecule has 0 radical (unpaired) electrons. The molecule has 0 fully saturated rings. The van der Waals surface area contributed by atoms with Gasteiger partial charge in [-0.1, -0.05) is 0 Å². The van der Waals surface area contributed by atoms with Crippen molar-refractivity contribution < 1.29 is 42.2 Å². The summed E-state index contributed by atoms with van der Waals surface area (Å²) < 4.78 is 25.6. The molecule has 0 atom stereocenters. The van der Waals surface area contributed by atoms with Crippen LogP contribution in [0.2, 0.25) is 0 Å². The summed E-state index contributed by atoms with van der Waals surface area (Å²) >= 11 is 0. The van der Waals surface area contributed by atoms with E-state index >= 15 is 0 Å². The van der Waals surface area contributed by atoms with Gasteiger partial charge in [0.25, 0.3) is 0 Å². The standard InChI is InChI=1S/2Al.2Li.3O3Si.2H/c;;;;3*1-4(2)3;;/q2*+3;;;3*-2;;. The van der Waals surface area contributed by atoms with Crippen LogP contribution in [0.3, 0.4) is 0 Å². The molecular weight excluding hydrogens is 296 g/mol. The zero-order valence-electron chi connectivity index (χ0n) is 6.33. The molecule has 0 bridgehead atoms. The first-order valence-corrected chi connectivity index (χ1v) is 5.51. The van der Waals surface area contributed by atoms with E-state index in [4.69, 9.17) is 42.2 Å². The number of hydrogen-bond donors (Lipinski definition) is 0. The molecule has 0 saturated heterocycles. The van der Waals surface area contributed by atoms with E-state index in [1.807, 2.05) is 0 Å². The molecule has 9 nitrogen and oxygen atoms in total. The van der Waals surface area contributed by atoms with Gasteiger partial charge in [-0.05, 0) is 0 Å². The van der Waals surface area contributed by atoms with Gasteiger partial charge >= 0.3 is 72.4 Å². The first kappa shape index (κ1) is 43.4. The van der Waals surface area contributed by atoms with Gasteiger partial charge in [0.2, 0.25) is 0 Å². The fourth-order valence-corrected chi connectivity index (χ4v) is 0. The molecule has 0 amide bonds. The van der Waals surface area contributed by atoms with Gasteiger partial charge in [0.1, 0.15) is 0 Å². The molecule has 0 aromatic heterocycles. The fourth-order valence-electron chi connectivity index (χ4n) is 0. The van der Waals surface area contributed by atoms with Crippen molar-refractivity contribution in [1.82, 2.24) is 0 Å². The number of rotatable bonds is 0. The van der Waals surface area contributed by atoms with E-state index in [1.165, 1.54) is 0 Å². The average Bonchev–Trinajstić information content (AvgIpc) is 1.54. The Balaban J connectivity index is -0.0000000135. The van der Waals surface area contributed by atoms with Crippen molar-refractivity contribution in [3.8, 4) is 0 Å². The van der Waals surface area contributed by atoms with Gasteiger partial charge < -0.3 is 42.2 Å². The van der Waals surface area contributed by atoms with Crippen molar-refractivity contribution in [2.75, 3.05) is 0 Å². The predicted octanol–water partition coefficient (Wildman–Crippen LogP) is -10.7. The monoisotopic (exact) mass is 298 g/mol. The third-order valence-electron chi connectivity index (χ3n) is 0. The molecule has 0 aliphatic heterocycles. The van der Waals surface area contributed by atoms with Gasteiger partial charge in [-0.3, -0.25) is 0 Å². The normalized spacial score (nSPS) is 4.50. The van der Waals surface area contributed by atoms with Crippen LogP contribution in [-0.2, 0) is 13.4 Å². The molecule has 0 aromatic carbocycles. The average molecular weight is 298 g/mol. The van der Waals surface area contributed by atoms with Crippen LogP contribution in [0.4, 0.5) is 0 Å². The molecule has 0 N–H and O–H groups in total. The summed E-state index contributed by atoms with van der Waals surface area (Å²) in [6.07, 6.45) is 0. The van der Waals surface area contributed by atoms with Crippen molar-refractivity contribution in [2.45, 2.75) is 0 Å². The van der Waals surface area contributed by atoms with Crippen LogP contribution >= 0.6 is 0 Å². The van der Waals surface area contributed by atoms with E-state index in [-0.39, 0.29) is 72.4 Å². The molecule has 16 heavy (non-hydrogen) atoms. The SMILES string of the molecule is O=[Si]([O-])[O-].O=[Si]([O-])[O-].O=[Si]([O-])[O-].[Al+3].[Al+3].[LiH].[LiH]. The van der Waals surface area contributed by atoms with Gasteiger partial charge in [0.05, 0.1) is 0 Å². The predicted molar refractivity (Wildman–Crippen MR) is 45.1 cm³/mol. The van der Waals surface area contributed by atoms with Gasteiger partial charge in [0.15, 0.2) is 0 Å². The summed E-state index contributed by atoms with van der Waals surface area (Å²) in [5, 5.41) is 0. The van der Waals surface area contributed by atoms with Gasteiger partial charge in [0, 0.05) is 27.5 Å². The first-order valence-electron chi connectivity index (χ1n) is 1.84. The zero-order chi connectivity index (χ0) is 10.7. The Kier molecular flexibility index (Phi) is 97.7. The van der Waals surface area contributed by atoms with E-state index in [0.29, 0.717) is 0 Å². The Bertz CT molecular complexity index is 124. The van der Waals surface area contributed by atoms with Crippen LogP contribution in [0.15, 0.2) is 0 Å². The Morgan fingerprint density at radius 2 is 0.500 bits per heavy atom. The second kappa shape index (κ2) is 36.0. The summed E-state index contributed by atoms with van der Waals surface area (Å²) in [5.74, 6) is 0. The summed E-state index contributed by atoms with van der Waals surface area (Å²) in [6.45, 7) is 0. The first-order chi connectivity index (χ1) is 5.20. The third-order valence-corrected chi connectivity index (χ3v) is 0. The maximum atomic E-state index is 8.52. The topological polar surface area (TPSA) is 190 Å². The van der Waals surface area contributed by atoms with E-state index in [0.717, 1.165) is 0 Å². The van der Waals surface area contributed by atoms with Gasteiger partial charge in [-0.2, -0.15) is 0 Å². The Labute approximate surface area is 141 Å². The second-order valence-electron chi connectivity index (χ2n) is 0.750. The van der Waals surface area contributed by atoms with E-state index < -0.39 is 27.5 Å². The molecular formula is H2Al2Li2O9Si3. The Morgan fingerprint density at radius 1 is 0.500 bits per heavy atom. The molecule has 76 valence electrons. The summed E-state index contributed by atoms with van der Waals surface area (Å²) in [4.78, 5) is 51.1. The van der Waals surface area contributed by atoms with E-state index in [9.17, 15) is 0 Å². The summed E-state index contributed by atoms with van der Waals surface area (Å²) in [7, 11) is -10.9. The maximum absolute atomic E-state index is 8.52. The van der Waals surface area contributed by atoms with Crippen molar-refractivity contribution in [1.29, 1.82) is 0 Å². The van der Waals surface area contributed by atoms with E-state index in [2.05, 4.69) is 0 Å². The fraction of sp³-hybridized carbons (Fsp3) is 0. The minimum atomic E-state index is -3.63. The second-order valence-corrected chi connectivity index (χ2v) is 2.25. The van der Waals surface area contributed by atoms with Crippen LogP contribution < -0.4 is 28.8 Å². The molecule has 0 unspecified atom stereocenters. The summed E-state index contributed by atoms with van der Waals surface area (Å²) in [6, 6.07) is 0. The summed E-state index contributed by atoms with van der Waals surface area (Å²) in [5.41, 5.74) is 0. The molecule has 0 saturated carbocycles. The van der Waals surface area contributed by atoms with Crippen molar-refractivity contribution >= 4 is 100.0 Å². The molecule has 0 aromatic rings. The quantitative estimate of drug-likeness (QED) is 0.390. The molecule has 0 spiro atoms. The van der Waals surface area contributed by atoms with Gasteiger partial charge in [-0.25, -0.2) is 0 Å². The van der Waals surface area contributed by atoms with Crippen molar-refractivity contribution in [3.63, 3.8) is 0 Å². The zero-order valence-corrected chi connectivity index (χ0v) is 11.6. The van der Waals surface area contributed by atoms with Crippen LogP contribution in [-0.4, -0.2) is 100.0 Å².